The Morgan fingerprint density at radius 2 is 1.60 bits per heavy atom. The number of esters is 2. The number of hydrogen-bond donors (Lipinski definition) is 0. The van der Waals surface area contributed by atoms with Gasteiger partial charge < -0.3 is 18.9 Å². The highest BCUT2D eigenvalue weighted by atomic mass is 16.7. The molecule has 0 amide bonds. The van der Waals surface area contributed by atoms with Crippen LogP contribution in [0.2, 0.25) is 0 Å². The molecule has 1 heterocycles. The van der Waals surface area contributed by atoms with Gasteiger partial charge in [-0.05, 0) is 114 Å². The van der Waals surface area contributed by atoms with Crippen LogP contribution in [0.1, 0.15) is 104 Å². The third-order valence-corrected chi connectivity index (χ3v) is 11.8. The fourth-order valence-corrected chi connectivity index (χ4v) is 10.0. The second kappa shape index (κ2) is 12.1. The fourth-order valence-electron chi connectivity index (χ4n) is 10.0. The van der Waals surface area contributed by atoms with E-state index in [1.165, 1.54) is 36.8 Å². The molecule has 0 aromatic heterocycles. The Balaban J connectivity index is 1.02. The highest BCUT2D eigenvalue weighted by Crippen LogP contribution is 2.49. The van der Waals surface area contributed by atoms with Crippen LogP contribution in [-0.4, -0.2) is 44.7 Å². The molecule has 3 saturated carbocycles. The molecule has 6 nitrogen and oxygen atoms in total. The van der Waals surface area contributed by atoms with E-state index in [0.717, 1.165) is 70.1 Å². The van der Waals surface area contributed by atoms with Gasteiger partial charge in [0.1, 0.15) is 13.2 Å². The van der Waals surface area contributed by atoms with Gasteiger partial charge in [-0.25, -0.2) is 0 Å². The van der Waals surface area contributed by atoms with Crippen molar-refractivity contribution in [2.75, 3.05) is 26.4 Å². The molecule has 43 heavy (non-hydrogen) atoms. The minimum atomic E-state index is -0.692. The standard InChI is InChI=1S/C37H52O6/c1-24-9-29-13-30(10-24)17-31(16-29)33(38)40-20-36(23-43-35(39)37-8-4-7-28(19-37)11-25(2)18-37)21-41-34(42-22-36)32-14-26-5-3-6-27(12-26)15-32/h9,11,14,24-25,27,30-32,34H,3-8,10,12-13,15-23H2,1-2H3. The van der Waals surface area contributed by atoms with Crippen LogP contribution in [0.5, 0.6) is 0 Å². The van der Waals surface area contributed by atoms with E-state index in [2.05, 4.69) is 32.1 Å². The predicted molar refractivity (Wildman–Crippen MR) is 164 cm³/mol. The van der Waals surface area contributed by atoms with Crippen molar-refractivity contribution in [3.8, 4) is 0 Å². The fraction of sp³-hybridized carbons (Fsp3) is 0.784. The summed E-state index contributed by atoms with van der Waals surface area (Å²) >= 11 is 0. The van der Waals surface area contributed by atoms with Gasteiger partial charge in [-0.3, -0.25) is 9.59 Å². The number of rotatable bonds is 7. The quantitative estimate of drug-likeness (QED) is 0.226. The first-order chi connectivity index (χ1) is 20.8. The Morgan fingerprint density at radius 3 is 2.42 bits per heavy atom. The number of carbonyl (C=O) groups excluding carboxylic acids is 2. The molecule has 4 fully saturated rings. The summed E-state index contributed by atoms with van der Waals surface area (Å²) in [6.45, 7) is 5.54. The maximum Gasteiger partial charge on any atom is 0.312 e. The third kappa shape index (κ3) is 6.43. The van der Waals surface area contributed by atoms with Gasteiger partial charge in [-0.2, -0.15) is 0 Å². The number of fused-ring (bicyclic) bond motifs is 6. The van der Waals surface area contributed by atoms with Gasteiger partial charge in [0.2, 0.25) is 0 Å². The van der Waals surface area contributed by atoms with Crippen molar-refractivity contribution in [1.82, 2.24) is 0 Å². The van der Waals surface area contributed by atoms with E-state index >= 15 is 0 Å². The molecule has 0 radical (unpaired) electrons. The minimum absolute atomic E-state index is 0.0846. The lowest BCUT2D eigenvalue weighted by Gasteiger charge is -2.44. The minimum Gasteiger partial charge on any atom is -0.465 e. The Bertz CT molecular complexity index is 1170. The highest BCUT2D eigenvalue weighted by Gasteiger charge is 2.48. The lowest BCUT2D eigenvalue weighted by atomic mass is 9.64. The van der Waals surface area contributed by atoms with Crippen molar-refractivity contribution in [3.05, 3.63) is 34.9 Å². The van der Waals surface area contributed by atoms with Gasteiger partial charge in [-0.15, -0.1) is 0 Å². The lowest BCUT2D eigenvalue weighted by Crippen LogP contribution is -2.51. The molecule has 0 aromatic carbocycles. The molecule has 6 heteroatoms. The topological polar surface area (TPSA) is 71.1 Å². The molecule has 7 rings (SSSR count). The second-order valence-corrected chi connectivity index (χ2v) is 15.9. The number of ether oxygens (including phenoxy) is 4. The average molecular weight is 593 g/mol. The molecular formula is C37H52O6. The van der Waals surface area contributed by atoms with E-state index in [1.54, 1.807) is 5.57 Å². The molecule has 0 N–H and O–H groups in total. The lowest BCUT2D eigenvalue weighted by molar-refractivity contribution is -0.263. The summed E-state index contributed by atoms with van der Waals surface area (Å²) in [5, 5.41) is 0. The van der Waals surface area contributed by atoms with Gasteiger partial charge in [0.05, 0.1) is 30.0 Å². The van der Waals surface area contributed by atoms with Gasteiger partial charge in [0, 0.05) is 5.92 Å². The van der Waals surface area contributed by atoms with Crippen LogP contribution in [0.3, 0.4) is 0 Å². The molecule has 7 unspecified atom stereocenters. The molecule has 6 bridgehead atoms. The summed E-state index contributed by atoms with van der Waals surface area (Å²) < 4.78 is 25.2. The van der Waals surface area contributed by atoms with E-state index in [1.807, 2.05) is 0 Å². The summed E-state index contributed by atoms with van der Waals surface area (Å²) in [4.78, 5) is 27.2. The Kier molecular flexibility index (Phi) is 8.39. The van der Waals surface area contributed by atoms with Gasteiger partial charge in [-0.1, -0.05) is 48.8 Å². The zero-order valence-corrected chi connectivity index (χ0v) is 26.5. The molecule has 0 aromatic rings. The van der Waals surface area contributed by atoms with E-state index in [0.29, 0.717) is 31.0 Å². The maximum absolute atomic E-state index is 13.8. The molecular weight excluding hydrogens is 540 g/mol. The molecule has 236 valence electrons. The van der Waals surface area contributed by atoms with Crippen LogP contribution in [0.4, 0.5) is 0 Å². The molecule has 7 atom stereocenters. The molecule has 6 aliphatic carbocycles. The smallest absolute Gasteiger partial charge is 0.312 e. The van der Waals surface area contributed by atoms with Gasteiger partial charge >= 0.3 is 11.9 Å². The summed E-state index contributed by atoms with van der Waals surface area (Å²) in [6.07, 6.45) is 21.7. The molecule has 0 spiro atoms. The van der Waals surface area contributed by atoms with Crippen molar-refractivity contribution < 1.29 is 28.5 Å². The Morgan fingerprint density at radius 1 is 0.837 bits per heavy atom. The Hall–Kier alpha value is -1.92. The zero-order valence-electron chi connectivity index (χ0n) is 26.5. The first-order valence-electron chi connectivity index (χ1n) is 17.4. The molecule has 1 saturated heterocycles. The second-order valence-electron chi connectivity index (χ2n) is 15.9. The summed E-state index contributed by atoms with van der Waals surface area (Å²) in [5.41, 5.74) is 3.27. The van der Waals surface area contributed by atoms with E-state index in [-0.39, 0.29) is 43.3 Å². The van der Waals surface area contributed by atoms with Crippen LogP contribution >= 0.6 is 0 Å². The molecule has 1 aliphatic heterocycles. The SMILES string of the molecule is CC1C=C2CC(C1)CC(C(=O)OCC1(COC(=O)C34CCCC(=CC(C)C3)C4)COC(C3C=C4CCCC(C4)C3)OC1)C2. The van der Waals surface area contributed by atoms with Crippen LogP contribution in [0.25, 0.3) is 0 Å². The van der Waals surface area contributed by atoms with Crippen LogP contribution < -0.4 is 0 Å². The van der Waals surface area contributed by atoms with Crippen molar-refractivity contribution in [1.29, 1.82) is 0 Å². The average Bonchev–Trinajstić information content (AvgIpc) is 2.98. The monoisotopic (exact) mass is 592 g/mol. The summed E-state index contributed by atoms with van der Waals surface area (Å²) in [7, 11) is 0. The Labute approximate surface area is 258 Å². The first kappa shape index (κ1) is 29.8. The van der Waals surface area contributed by atoms with Gasteiger partial charge in [0.25, 0.3) is 0 Å². The van der Waals surface area contributed by atoms with E-state index in [4.69, 9.17) is 18.9 Å². The van der Waals surface area contributed by atoms with Gasteiger partial charge in [0.15, 0.2) is 6.29 Å². The summed E-state index contributed by atoms with van der Waals surface area (Å²) in [6, 6.07) is 0. The highest BCUT2D eigenvalue weighted by molar-refractivity contribution is 5.78. The summed E-state index contributed by atoms with van der Waals surface area (Å²) in [5.74, 6) is 2.28. The van der Waals surface area contributed by atoms with E-state index in [9.17, 15) is 9.59 Å². The van der Waals surface area contributed by atoms with Crippen molar-refractivity contribution in [2.45, 2.75) is 110 Å². The van der Waals surface area contributed by atoms with Crippen molar-refractivity contribution in [3.63, 3.8) is 0 Å². The van der Waals surface area contributed by atoms with Crippen molar-refractivity contribution in [2.24, 2.45) is 46.3 Å². The van der Waals surface area contributed by atoms with Crippen LogP contribution in [0, 0.1) is 46.3 Å². The maximum atomic E-state index is 13.8. The molecule has 7 aliphatic rings. The zero-order chi connectivity index (χ0) is 29.6. The number of hydrogen-bond acceptors (Lipinski definition) is 6. The van der Waals surface area contributed by atoms with E-state index < -0.39 is 10.8 Å². The third-order valence-electron chi connectivity index (χ3n) is 11.8. The van der Waals surface area contributed by atoms with Crippen LogP contribution in [0.15, 0.2) is 34.9 Å². The number of allylic oxidation sites excluding steroid dienone is 5. The van der Waals surface area contributed by atoms with Crippen LogP contribution in [-0.2, 0) is 28.5 Å². The first-order valence-corrected chi connectivity index (χ1v) is 17.4. The predicted octanol–water partition coefficient (Wildman–Crippen LogP) is 7.48. The normalized spacial score (nSPS) is 42.2. The number of carbonyl (C=O) groups is 2. The largest absolute Gasteiger partial charge is 0.465 e. The van der Waals surface area contributed by atoms with Crippen molar-refractivity contribution >= 4 is 11.9 Å².